The summed E-state index contributed by atoms with van der Waals surface area (Å²) in [7, 11) is 0. The van der Waals surface area contributed by atoms with Crippen molar-refractivity contribution in [2.75, 3.05) is 18.1 Å². The van der Waals surface area contributed by atoms with E-state index < -0.39 is 17.0 Å². The molecule has 1 aliphatic heterocycles. The maximum Gasteiger partial charge on any atom is 0.229 e. The molecule has 1 atom stereocenters. The molecule has 2 heterocycles. The summed E-state index contributed by atoms with van der Waals surface area (Å²) < 4.78 is 27.4. The Kier molecular flexibility index (Phi) is 5.59. The molecule has 30 heavy (non-hydrogen) atoms. The fourth-order valence-electron chi connectivity index (χ4n) is 4.20. The third-order valence-electron chi connectivity index (χ3n) is 5.80. The number of aliphatic hydroxyl groups excluding tert-OH is 1. The lowest BCUT2D eigenvalue weighted by Gasteiger charge is -2.41. The zero-order valence-corrected chi connectivity index (χ0v) is 16.4. The molecule has 2 aromatic carbocycles. The van der Waals surface area contributed by atoms with E-state index in [-0.39, 0.29) is 24.5 Å². The van der Waals surface area contributed by atoms with E-state index in [1.807, 2.05) is 30.3 Å². The summed E-state index contributed by atoms with van der Waals surface area (Å²) >= 11 is 0. The molecule has 1 fully saturated rings. The third-order valence-corrected chi connectivity index (χ3v) is 5.80. The largest absolute Gasteiger partial charge is 0.396 e. The number of amides is 1. The molecule has 0 aliphatic carbocycles. The van der Waals surface area contributed by atoms with Crippen molar-refractivity contribution in [2.45, 2.75) is 24.7 Å². The Morgan fingerprint density at radius 2 is 1.83 bits per heavy atom. The first-order valence-corrected chi connectivity index (χ1v) is 9.92. The standard InChI is InChI=1S/C24H22F2N2O2/c25-18-9-10-19(20(26)15-18)21-7-4-8-22(27-21)28-13-11-24(12-14-29,16-23(28)30)17-5-2-1-3-6-17/h1-10,15,29H,11-14,16H2. The van der Waals surface area contributed by atoms with Crippen LogP contribution in [0.1, 0.15) is 24.8 Å². The van der Waals surface area contributed by atoms with Gasteiger partial charge in [-0.2, -0.15) is 0 Å². The molecular weight excluding hydrogens is 386 g/mol. The number of carbonyl (C=O) groups is 1. The van der Waals surface area contributed by atoms with Crippen LogP contribution in [0.5, 0.6) is 0 Å². The average Bonchev–Trinajstić information content (AvgIpc) is 2.75. The van der Waals surface area contributed by atoms with Gasteiger partial charge in [0.05, 0.1) is 5.69 Å². The van der Waals surface area contributed by atoms with E-state index in [1.165, 1.54) is 12.1 Å². The Morgan fingerprint density at radius 1 is 1.03 bits per heavy atom. The van der Waals surface area contributed by atoms with Gasteiger partial charge in [0.25, 0.3) is 0 Å². The number of halogens is 2. The van der Waals surface area contributed by atoms with E-state index in [9.17, 15) is 18.7 Å². The maximum absolute atomic E-state index is 14.2. The number of hydrogen-bond acceptors (Lipinski definition) is 3. The summed E-state index contributed by atoms with van der Waals surface area (Å²) in [6.07, 6.45) is 1.44. The molecular formula is C24H22F2N2O2. The molecule has 1 aromatic heterocycles. The highest BCUT2D eigenvalue weighted by Crippen LogP contribution is 2.40. The molecule has 154 valence electrons. The van der Waals surface area contributed by atoms with Crippen LogP contribution in [0.25, 0.3) is 11.3 Å². The van der Waals surface area contributed by atoms with Crippen molar-refractivity contribution in [3.05, 3.63) is 83.9 Å². The summed E-state index contributed by atoms with van der Waals surface area (Å²) in [4.78, 5) is 19.2. The van der Waals surface area contributed by atoms with Gasteiger partial charge in [-0.25, -0.2) is 13.8 Å². The van der Waals surface area contributed by atoms with Gasteiger partial charge in [0.2, 0.25) is 5.91 Å². The molecule has 0 saturated carbocycles. The van der Waals surface area contributed by atoms with Crippen molar-refractivity contribution >= 4 is 11.7 Å². The van der Waals surface area contributed by atoms with Crippen LogP contribution in [-0.4, -0.2) is 29.1 Å². The number of piperidine rings is 1. The fourth-order valence-corrected chi connectivity index (χ4v) is 4.20. The summed E-state index contributed by atoms with van der Waals surface area (Å²) in [5.74, 6) is -1.01. The summed E-state index contributed by atoms with van der Waals surface area (Å²) in [6.45, 7) is 0.440. The Bertz CT molecular complexity index is 1060. The highest BCUT2D eigenvalue weighted by molar-refractivity contribution is 5.94. The van der Waals surface area contributed by atoms with Crippen LogP contribution in [0, 0.1) is 11.6 Å². The smallest absolute Gasteiger partial charge is 0.229 e. The molecule has 4 nitrogen and oxygen atoms in total. The Morgan fingerprint density at radius 3 is 2.53 bits per heavy atom. The van der Waals surface area contributed by atoms with Crippen molar-refractivity contribution in [1.82, 2.24) is 4.98 Å². The van der Waals surface area contributed by atoms with Crippen LogP contribution in [0.2, 0.25) is 0 Å². The van der Waals surface area contributed by atoms with Gasteiger partial charge in [0, 0.05) is 36.6 Å². The lowest BCUT2D eigenvalue weighted by Crippen LogP contribution is -2.47. The van der Waals surface area contributed by atoms with Crippen LogP contribution in [-0.2, 0) is 10.2 Å². The highest BCUT2D eigenvalue weighted by Gasteiger charge is 2.40. The van der Waals surface area contributed by atoms with Crippen LogP contribution in [0.4, 0.5) is 14.6 Å². The van der Waals surface area contributed by atoms with E-state index in [1.54, 1.807) is 23.1 Å². The number of anilines is 1. The van der Waals surface area contributed by atoms with E-state index in [0.717, 1.165) is 11.6 Å². The number of pyridine rings is 1. The molecule has 3 aromatic rings. The molecule has 1 amide bonds. The van der Waals surface area contributed by atoms with Crippen molar-refractivity contribution in [2.24, 2.45) is 0 Å². The molecule has 0 spiro atoms. The SMILES string of the molecule is O=C1CC(CCO)(c2ccccc2)CCN1c1cccc(-c2ccc(F)cc2F)n1. The predicted octanol–water partition coefficient (Wildman–Crippen LogP) is 4.47. The quantitative estimate of drug-likeness (QED) is 0.678. The summed E-state index contributed by atoms with van der Waals surface area (Å²) in [5.41, 5.74) is 1.15. The van der Waals surface area contributed by atoms with Gasteiger partial charge in [-0.05, 0) is 42.7 Å². The molecule has 1 N–H and O–H groups in total. The topological polar surface area (TPSA) is 53.4 Å². The fraction of sp³-hybridized carbons (Fsp3) is 0.250. The summed E-state index contributed by atoms with van der Waals surface area (Å²) in [6, 6.07) is 18.2. The van der Waals surface area contributed by atoms with Crippen LogP contribution < -0.4 is 4.90 Å². The highest BCUT2D eigenvalue weighted by atomic mass is 19.1. The second kappa shape index (κ2) is 8.32. The zero-order valence-electron chi connectivity index (χ0n) is 16.4. The molecule has 1 aliphatic rings. The van der Waals surface area contributed by atoms with E-state index in [4.69, 9.17) is 0 Å². The lowest BCUT2D eigenvalue weighted by molar-refractivity contribution is -0.121. The Hall–Kier alpha value is -3.12. The second-order valence-corrected chi connectivity index (χ2v) is 7.60. The number of aliphatic hydroxyl groups is 1. The predicted molar refractivity (Wildman–Crippen MR) is 111 cm³/mol. The van der Waals surface area contributed by atoms with Gasteiger partial charge in [-0.15, -0.1) is 0 Å². The van der Waals surface area contributed by atoms with Gasteiger partial charge in [-0.3, -0.25) is 9.69 Å². The Balaban J connectivity index is 1.62. The molecule has 0 radical (unpaired) electrons. The van der Waals surface area contributed by atoms with E-state index in [0.29, 0.717) is 30.9 Å². The molecule has 4 rings (SSSR count). The van der Waals surface area contributed by atoms with Gasteiger partial charge in [0.1, 0.15) is 17.5 Å². The van der Waals surface area contributed by atoms with Crippen LogP contribution in [0.15, 0.2) is 66.7 Å². The van der Waals surface area contributed by atoms with Crippen molar-refractivity contribution in [1.29, 1.82) is 0 Å². The van der Waals surface area contributed by atoms with Gasteiger partial charge < -0.3 is 5.11 Å². The minimum atomic E-state index is -0.698. The number of rotatable bonds is 5. The van der Waals surface area contributed by atoms with Crippen molar-refractivity contribution < 1.29 is 18.7 Å². The Labute approximate surface area is 173 Å². The average molecular weight is 408 g/mol. The van der Waals surface area contributed by atoms with Gasteiger partial charge >= 0.3 is 0 Å². The first-order chi connectivity index (χ1) is 14.5. The molecule has 1 saturated heterocycles. The third kappa shape index (κ3) is 3.83. The monoisotopic (exact) mass is 408 g/mol. The summed E-state index contributed by atoms with van der Waals surface area (Å²) in [5, 5.41) is 9.62. The van der Waals surface area contributed by atoms with E-state index >= 15 is 0 Å². The minimum absolute atomic E-state index is 0.000245. The molecule has 1 unspecified atom stereocenters. The van der Waals surface area contributed by atoms with E-state index in [2.05, 4.69) is 4.98 Å². The van der Waals surface area contributed by atoms with Crippen LogP contribution >= 0.6 is 0 Å². The normalized spacial score (nSPS) is 19.2. The molecule has 0 bridgehead atoms. The number of aromatic nitrogens is 1. The van der Waals surface area contributed by atoms with Gasteiger partial charge in [-0.1, -0.05) is 36.4 Å². The number of benzene rings is 2. The second-order valence-electron chi connectivity index (χ2n) is 7.60. The van der Waals surface area contributed by atoms with Crippen molar-refractivity contribution in [3.8, 4) is 11.3 Å². The van der Waals surface area contributed by atoms with Gasteiger partial charge in [0.15, 0.2) is 0 Å². The van der Waals surface area contributed by atoms with Crippen LogP contribution in [0.3, 0.4) is 0 Å². The lowest BCUT2D eigenvalue weighted by atomic mass is 9.70. The number of nitrogens with zero attached hydrogens (tertiary/aromatic N) is 2. The maximum atomic E-state index is 14.2. The first kappa shape index (κ1) is 20.2. The first-order valence-electron chi connectivity index (χ1n) is 9.92. The minimum Gasteiger partial charge on any atom is -0.396 e. The molecule has 6 heteroatoms. The van der Waals surface area contributed by atoms with Crippen molar-refractivity contribution in [3.63, 3.8) is 0 Å². The number of hydrogen-bond donors (Lipinski definition) is 1. The number of carbonyl (C=O) groups excluding carboxylic acids is 1. The zero-order chi connectivity index (χ0) is 21.1.